The summed E-state index contributed by atoms with van der Waals surface area (Å²) in [5.74, 6) is 0.521. The van der Waals surface area contributed by atoms with Crippen molar-refractivity contribution < 1.29 is 4.42 Å². The van der Waals surface area contributed by atoms with Gasteiger partial charge in [0.2, 0.25) is 12.3 Å². The van der Waals surface area contributed by atoms with Gasteiger partial charge in [0.25, 0.3) is 0 Å². The van der Waals surface area contributed by atoms with Crippen molar-refractivity contribution in [1.29, 1.82) is 0 Å². The minimum Gasteiger partial charge on any atom is -0.423 e. The summed E-state index contributed by atoms with van der Waals surface area (Å²) >= 11 is 0. The van der Waals surface area contributed by atoms with Crippen LogP contribution in [0.25, 0.3) is 11.5 Å². The normalized spacial score (nSPS) is 10.7. The van der Waals surface area contributed by atoms with Crippen LogP contribution in [-0.2, 0) is 6.54 Å². The number of hydrogen-bond acceptors (Lipinski definition) is 5. The lowest BCUT2D eigenvalue weighted by Gasteiger charge is -2.10. The molecule has 2 heterocycles. The Bertz CT molecular complexity index is 702. The Kier molecular flexibility index (Phi) is 3.20. The Hall–Kier alpha value is -2.63. The van der Waals surface area contributed by atoms with Gasteiger partial charge in [-0.1, -0.05) is 6.07 Å². The van der Waals surface area contributed by atoms with Crippen molar-refractivity contribution in [3.05, 3.63) is 47.6 Å². The van der Waals surface area contributed by atoms with Crippen LogP contribution < -0.4 is 5.32 Å². The van der Waals surface area contributed by atoms with E-state index in [0.29, 0.717) is 5.89 Å². The molecule has 2 N–H and O–H groups in total. The number of anilines is 1. The summed E-state index contributed by atoms with van der Waals surface area (Å²) in [6.07, 6.45) is 3.16. The lowest BCUT2D eigenvalue weighted by atomic mass is 10.1. The van der Waals surface area contributed by atoms with Crippen molar-refractivity contribution in [3.63, 3.8) is 0 Å². The number of aromatic nitrogens is 4. The molecule has 0 unspecified atom stereocenters. The Morgan fingerprint density at radius 1 is 1.30 bits per heavy atom. The number of H-pyrrole nitrogens is 1. The number of nitrogens with zero attached hydrogens (tertiary/aromatic N) is 3. The molecule has 0 amide bonds. The summed E-state index contributed by atoms with van der Waals surface area (Å²) in [5.41, 5.74) is 5.33. The molecule has 0 saturated carbocycles. The van der Waals surface area contributed by atoms with Gasteiger partial charge < -0.3 is 9.73 Å². The molecule has 20 heavy (non-hydrogen) atoms. The average Bonchev–Trinajstić information content (AvgIpc) is 3.10. The molecule has 3 rings (SSSR count). The van der Waals surface area contributed by atoms with Gasteiger partial charge in [0.05, 0.1) is 6.20 Å². The molecule has 0 radical (unpaired) electrons. The fourth-order valence-electron chi connectivity index (χ4n) is 1.99. The van der Waals surface area contributed by atoms with E-state index in [1.54, 1.807) is 0 Å². The van der Waals surface area contributed by atoms with Crippen molar-refractivity contribution in [2.75, 3.05) is 5.32 Å². The smallest absolute Gasteiger partial charge is 0.247 e. The Morgan fingerprint density at radius 2 is 2.20 bits per heavy atom. The minimum absolute atomic E-state index is 0.521. The molecule has 0 fully saturated rings. The van der Waals surface area contributed by atoms with Gasteiger partial charge in [-0.15, -0.1) is 10.2 Å². The second-order valence-electron chi connectivity index (χ2n) is 4.65. The van der Waals surface area contributed by atoms with Gasteiger partial charge in [0, 0.05) is 29.1 Å². The predicted octanol–water partition coefficient (Wildman–Crippen LogP) is 2.69. The maximum absolute atomic E-state index is 5.22. The van der Waals surface area contributed by atoms with Crippen LogP contribution in [0.3, 0.4) is 0 Å². The van der Waals surface area contributed by atoms with E-state index in [0.717, 1.165) is 34.6 Å². The lowest BCUT2D eigenvalue weighted by Crippen LogP contribution is -2.01. The summed E-state index contributed by atoms with van der Waals surface area (Å²) in [6.45, 7) is 4.78. The molecule has 0 bridgehead atoms. The monoisotopic (exact) mass is 269 g/mol. The van der Waals surface area contributed by atoms with E-state index in [2.05, 4.69) is 32.6 Å². The highest BCUT2D eigenvalue weighted by atomic mass is 16.4. The first kappa shape index (κ1) is 12.4. The van der Waals surface area contributed by atoms with Crippen LogP contribution in [0, 0.1) is 13.8 Å². The molecule has 3 aromatic rings. The van der Waals surface area contributed by atoms with Gasteiger partial charge in [-0.2, -0.15) is 5.10 Å². The van der Waals surface area contributed by atoms with Crippen molar-refractivity contribution in [2.24, 2.45) is 0 Å². The SMILES string of the molecule is Cc1ccc(-c2nnco2)cc1NCc1cn[nH]c1C. The number of nitrogens with one attached hydrogen (secondary N) is 2. The second kappa shape index (κ2) is 5.16. The zero-order chi connectivity index (χ0) is 13.9. The van der Waals surface area contributed by atoms with E-state index >= 15 is 0 Å². The first-order chi connectivity index (χ1) is 9.74. The predicted molar refractivity (Wildman–Crippen MR) is 75.1 cm³/mol. The van der Waals surface area contributed by atoms with Crippen molar-refractivity contribution in [3.8, 4) is 11.5 Å². The zero-order valence-corrected chi connectivity index (χ0v) is 11.3. The average molecular weight is 269 g/mol. The summed E-state index contributed by atoms with van der Waals surface area (Å²) < 4.78 is 5.22. The van der Waals surface area contributed by atoms with Crippen LogP contribution in [0.2, 0.25) is 0 Å². The van der Waals surface area contributed by atoms with Gasteiger partial charge in [-0.05, 0) is 31.5 Å². The molecule has 0 spiro atoms. The number of aryl methyl sites for hydroxylation is 2. The first-order valence-corrected chi connectivity index (χ1v) is 6.34. The standard InChI is InChI=1S/C14H15N5O/c1-9-3-4-11(14-19-17-8-20-14)5-13(9)15-6-12-7-16-18-10(12)2/h3-5,7-8,15H,6H2,1-2H3,(H,16,18). The molecule has 0 aliphatic heterocycles. The Balaban J connectivity index is 1.82. The molecule has 6 nitrogen and oxygen atoms in total. The van der Waals surface area contributed by atoms with Crippen molar-refractivity contribution >= 4 is 5.69 Å². The highest BCUT2D eigenvalue weighted by Gasteiger charge is 2.07. The molecular formula is C14H15N5O. The molecule has 0 saturated heterocycles. The summed E-state index contributed by atoms with van der Waals surface area (Å²) in [5, 5.41) is 18.0. The largest absolute Gasteiger partial charge is 0.423 e. The number of aromatic amines is 1. The van der Waals surface area contributed by atoms with E-state index in [4.69, 9.17) is 4.42 Å². The summed E-state index contributed by atoms with van der Waals surface area (Å²) in [4.78, 5) is 0. The topological polar surface area (TPSA) is 79.6 Å². The summed E-state index contributed by atoms with van der Waals surface area (Å²) in [6, 6.07) is 6.01. The van der Waals surface area contributed by atoms with E-state index in [1.807, 2.05) is 31.3 Å². The van der Waals surface area contributed by atoms with E-state index in [9.17, 15) is 0 Å². The molecule has 0 aliphatic rings. The Morgan fingerprint density at radius 3 is 2.90 bits per heavy atom. The van der Waals surface area contributed by atoms with Gasteiger partial charge in [-0.25, -0.2) is 0 Å². The first-order valence-electron chi connectivity index (χ1n) is 6.34. The van der Waals surface area contributed by atoms with E-state index < -0.39 is 0 Å². The fourth-order valence-corrected chi connectivity index (χ4v) is 1.99. The van der Waals surface area contributed by atoms with Crippen molar-refractivity contribution in [1.82, 2.24) is 20.4 Å². The molecule has 1 aromatic carbocycles. The third-order valence-corrected chi connectivity index (χ3v) is 3.25. The highest BCUT2D eigenvalue weighted by Crippen LogP contribution is 2.24. The van der Waals surface area contributed by atoms with Crippen LogP contribution in [0.5, 0.6) is 0 Å². The molecule has 2 aromatic heterocycles. The van der Waals surface area contributed by atoms with E-state index in [1.165, 1.54) is 6.39 Å². The third kappa shape index (κ3) is 2.40. The van der Waals surface area contributed by atoms with Crippen LogP contribution in [0.15, 0.2) is 35.2 Å². The van der Waals surface area contributed by atoms with Crippen LogP contribution in [-0.4, -0.2) is 20.4 Å². The van der Waals surface area contributed by atoms with Gasteiger partial charge in [0.15, 0.2) is 0 Å². The zero-order valence-electron chi connectivity index (χ0n) is 11.3. The molecule has 6 heteroatoms. The molecule has 102 valence electrons. The second-order valence-corrected chi connectivity index (χ2v) is 4.65. The van der Waals surface area contributed by atoms with Crippen LogP contribution in [0.1, 0.15) is 16.8 Å². The Labute approximate surface area is 116 Å². The maximum atomic E-state index is 5.22. The quantitative estimate of drug-likeness (QED) is 0.761. The minimum atomic E-state index is 0.521. The van der Waals surface area contributed by atoms with Crippen molar-refractivity contribution in [2.45, 2.75) is 20.4 Å². The molecule has 0 aliphatic carbocycles. The summed E-state index contributed by atoms with van der Waals surface area (Å²) in [7, 11) is 0. The lowest BCUT2D eigenvalue weighted by molar-refractivity contribution is 0.568. The molecular weight excluding hydrogens is 254 g/mol. The number of rotatable bonds is 4. The van der Waals surface area contributed by atoms with Gasteiger partial charge >= 0.3 is 0 Å². The maximum Gasteiger partial charge on any atom is 0.247 e. The van der Waals surface area contributed by atoms with Crippen LogP contribution in [0.4, 0.5) is 5.69 Å². The van der Waals surface area contributed by atoms with Crippen LogP contribution >= 0.6 is 0 Å². The highest BCUT2D eigenvalue weighted by molar-refractivity contribution is 5.64. The van der Waals surface area contributed by atoms with E-state index in [-0.39, 0.29) is 0 Å². The number of benzene rings is 1. The molecule has 0 atom stereocenters. The van der Waals surface area contributed by atoms with Gasteiger partial charge in [-0.3, -0.25) is 5.10 Å². The number of hydrogen-bond donors (Lipinski definition) is 2. The third-order valence-electron chi connectivity index (χ3n) is 3.25. The van der Waals surface area contributed by atoms with Gasteiger partial charge in [0.1, 0.15) is 0 Å². The fraction of sp³-hybridized carbons (Fsp3) is 0.214.